The number of hydrogen-bond acceptors (Lipinski definition) is 5. The van der Waals surface area contributed by atoms with Crippen LogP contribution in [0.4, 0.5) is 11.6 Å². The summed E-state index contributed by atoms with van der Waals surface area (Å²) in [6.07, 6.45) is 7.25. The molecule has 6 nitrogen and oxygen atoms in total. The van der Waals surface area contributed by atoms with Gasteiger partial charge in [0, 0.05) is 12.2 Å². The predicted octanol–water partition coefficient (Wildman–Crippen LogP) is 2.28. The summed E-state index contributed by atoms with van der Waals surface area (Å²) in [5.41, 5.74) is 6.98. The van der Waals surface area contributed by atoms with Crippen LogP contribution in [-0.4, -0.2) is 25.8 Å². The minimum Gasteiger partial charge on any atom is -0.383 e. The van der Waals surface area contributed by atoms with E-state index in [1.54, 1.807) is 10.9 Å². The summed E-state index contributed by atoms with van der Waals surface area (Å²) in [5, 5.41) is 7.59. The molecule has 1 fully saturated rings. The molecule has 7 heteroatoms. The van der Waals surface area contributed by atoms with Gasteiger partial charge in [0.1, 0.15) is 16.1 Å². The maximum Gasteiger partial charge on any atom is 0.254 e. The topological polar surface area (TPSA) is 81.7 Å². The lowest BCUT2D eigenvalue weighted by Gasteiger charge is -2.27. The number of anilines is 2. The molecule has 3 rings (SSSR count). The van der Waals surface area contributed by atoms with Crippen LogP contribution in [0.3, 0.4) is 0 Å². The Balaban J connectivity index is 1.96. The number of nitrogen functional groups attached to an aromatic ring is 1. The molecule has 19 heavy (non-hydrogen) atoms. The van der Waals surface area contributed by atoms with Crippen molar-refractivity contribution in [1.29, 1.82) is 0 Å². The lowest BCUT2D eigenvalue weighted by molar-refractivity contribution is 0.444. The van der Waals surface area contributed by atoms with Gasteiger partial charge in [0.15, 0.2) is 0 Å². The fraction of sp³-hybridized carbons (Fsp3) is 0.417. The molecule has 0 bridgehead atoms. The van der Waals surface area contributed by atoms with E-state index in [1.165, 1.54) is 19.3 Å². The molecule has 0 amide bonds. The molecule has 0 unspecified atom stereocenters. The van der Waals surface area contributed by atoms with Gasteiger partial charge in [-0.1, -0.05) is 0 Å². The SMILES string of the molecule is Cc1cnn(-c2nc(N)c(Br)c(NC3CCC3)n2)c1. The molecular formula is C12H15BrN6. The lowest BCUT2D eigenvalue weighted by Crippen LogP contribution is -2.28. The van der Waals surface area contributed by atoms with Crippen LogP contribution >= 0.6 is 15.9 Å². The maximum atomic E-state index is 5.92. The van der Waals surface area contributed by atoms with Gasteiger partial charge in [0.05, 0.1) is 6.20 Å². The molecule has 0 spiro atoms. The zero-order chi connectivity index (χ0) is 13.4. The number of aromatic nitrogens is 4. The van der Waals surface area contributed by atoms with E-state index in [0.717, 1.165) is 11.4 Å². The Morgan fingerprint density at radius 3 is 2.79 bits per heavy atom. The largest absolute Gasteiger partial charge is 0.383 e. The highest BCUT2D eigenvalue weighted by atomic mass is 79.9. The van der Waals surface area contributed by atoms with E-state index >= 15 is 0 Å². The summed E-state index contributed by atoms with van der Waals surface area (Å²) in [4.78, 5) is 8.74. The van der Waals surface area contributed by atoms with E-state index in [2.05, 4.69) is 36.3 Å². The smallest absolute Gasteiger partial charge is 0.254 e. The van der Waals surface area contributed by atoms with Gasteiger partial charge in [-0.3, -0.25) is 0 Å². The van der Waals surface area contributed by atoms with E-state index in [9.17, 15) is 0 Å². The first-order valence-corrected chi connectivity index (χ1v) is 7.04. The van der Waals surface area contributed by atoms with Gasteiger partial charge in [0.2, 0.25) is 0 Å². The van der Waals surface area contributed by atoms with Crippen molar-refractivity contribution in [2.75, 3.05) is 11.1 Å². The Morgan fingerprint density at radius 2 is 2.21 bits per heavy atom. The van der Waals surface area contributed by atoms with Crippen LogP contribution < -0.4 is 11.1 Å². The van der Waals surface area contributed by atoms with Gasteiger partial charge in [-0.25, -0.2) is 4.68 Å². The molecule has 1 saturated carbocycles. The number of aryl methyl sites for hydroxylation is 1. The Kier molecular flexibility index (Phi) is 3.14. The molecular weight excluding hydrogens is 308 g/mol. The number of halogens is 1. The number of nitrogens with zero attached hydrogens (tertiary/aromatic N) is 4. The second kappa shape index (κ2) is 4.80. The predicted molar refractivity (Wildman–Crippen MR) is 77.3 cm³/mol. The van der Waals surface area contributed by atoms with Crippen molar-refractivity contribution < 1.29 is 0 Å². The standard InChI is InChI=1S/C12H15BrN6/c1-7-5-15-19(6-7)12-17-10(14)9(13)11(18-12)16-8-3-2-4-8/h5-6,8H,2-4H2,1H3,(H3,14,16,17,18). The van der Waals surface area contributed by atoms with Crippen molar-refractivity contribution in [2.45, 2.75) is 32.2 Å². The second-order valence-corrected chi connectivity index (χ2v) is 5.60. The minimum atomic E-state index is 0.417. The van der Waals surface area contributed by atoms with Crippen molar-refractivity contribution >= 4 is 27.6 Å². The molecule has 3 N–H and O–H groups in total. The first-order valence-electron chi connectivity index (χ1n) is 6.24. The molecule has 1 aliphatic rings. The molecule has 0 aromatic carbocycles. The van der Waals surface area contributed by atoms with E-state index in [-0.39, 0.29) is 0 Å². The van der Waals surface area contributed by atoms with Gasteiger partial charge in [0.25, 0.3) is 5.95 Å². The van der Waals surface area contributed by atoms with E-state index < -0.39 is 0 Å². The quantitative estimate of drug-likeness (QED) is 0.906. The molecule has 2 heterocycles. The Hall–Kier alpha value is -1.63. The Labute approximate surface area is 119 Å². The molecule has 0 radical (unpaired) electrons. The zero-order valence-electron chi connectivity index (χ0n) is 10.6. The van der Waals surface area contributed by atoms with Crippen LogP contribution in [0, 0.1) is 6.92 Å². The zero-order valence-corrected chi connectivity index (χ0v) is 12.2. The summed E-state index contributed by atoms with van der Waals surface area (Å²) in [5.74, 6) is 1.64. The monoisotopic (exact) mass is 322 g/mol. The number of nitrogens with one attached hydrogen (secondary N) is 1. The van der Waals surface area contributed by atoms with Gasteiger partial charge in [-0.15, -0.1) is 0 Å². The van der Waals surface area contributed by atoms with Crippen molar-refractivity contribution in [1.82, 2.24) is 19.7 Å². The van der Waals surface area contributed by atoms with Crippen LogP contribution in [0.25, 0.3) is 5.95 Å². The minimum absolute atomic E-state index is 0.417. The average molecular weight is 323 g/mol. The highest BCUT2D eigenvalue weighted by molar-refractivity contribution is 9.10. The first-order chi connectivity index (χ1) is 9.13. The van der Waals surface area contributed by atoms with Crippen molar-refractivity contribution in [3.63, 3.8) is 0 Å². The summed E-state index contributed by atoms with van der Waals surface area (Å²) in [7, 11) is 0. The molecule has 100 valence electrons. The number of rotatable bonds is 3. The molecule has 0 aliphatic heterocycles. The number of nitrogens with two attached hydrogens (primary N) is 1. The number of hydrogen-bond donors (Lipinski definition) is 2. The molecule has 2 aromatic heterocycles. The summed E-state index contributed by atoms with van der Waals surface area (Å²) < 4.78 is 2.34. The molecule has 2 aromatic rings. The van der Waals surface area contributed by atoms with E-state index in [1.807, 2.05) is 13.1 Å². The fourth-order valence-electron chi connectivity index (χ4n) is 1.92. The summed E-state index contributed by atoms with van der Waals surface area (Å²) in [6.45, 7) is 1.97. The molecule has 0 atom stereocenters. The second-order valence-electron chi connectivity index (χ2n) is 4.81. The highest BCUT2D eigenvalue weighted by Crippen LogP contribution is 2.30. The van der Waals surface area contributed by atoms with Crippen LogP contribution in [0.2, 0.25) is 0 Å². The van der Waals surface area contributed by atoms with Crippen molar-refractivity contribution in [3.05, 3.63) is 22.4 Å². The third kappa shape index (κ3) is 2.42. The van der Waals surface area contributed by atoms with Gasteiger partial charge >= 0.3 is 0 Å². The first kappa shape index (κ1) is 12.4. The van der Waals surface area contributed by atoms with Crippen molar-refractivity contribution in [2.24, 2.45) is 0 Å². The van der Waals surface area contributed by atoms with E-state index in [0.29, 0.717) is 22.3 Å². The highest BCUT2D eigenvalue weighted by Gasteiger charge is 2.20. The van der Waals surface area contributed by atoms with Gasteiger partial charge in [-0.2, -0.15) is 15.1 Å². The van der Waals surface area contributed by atoms with Crippen LogP contribution in [-0.2, 0) is 0 Å². The average Bonchev–Trinajstić information content (AvgIpc) is 2.75. The third-order valence-corrected chi connectivity index (χ3v) is 4.01. The molecule has 0 saturated heterocycles. The van der Waals surface area contributed by atoms with Gasteiger partial charge < -0.3 is 11.1 Å². The Bertz CT molecular complexity index is 604. The van der Waals surface area contributed by atoms with Crippen LogP contribution in [0.15, 0.2) is 16.9 Å². The third-order valence-electron chi connectivity index (χ3n) is 3.23. The summed E-state index contributed by atoms with van der Waals surface area (Å²) >= 11 is 3.43. The maximum absolute atomic E-state index is 5.92. The van der Waals surface area contributed by atoms with Crippen molar-refractivity contribution in [3.8, 4) is 5.95 Å². The van der Waals surface area contributed by atoms with Crippen LogP contribution in [0.1, 0.15) is 24.8 Å². The fourth-order valence-corrected chi connectivity index (χ4v) is 2.21. The molecule has 1 aliphatic carbocycles. The van der Waals surface area contributed by atoms with Gasteiger partial charge in [-0.05, 0) is 47.7 Å². The Morgan fingerprint density at radius 1 is 1.42 bits per heavy atom. The normalized spacial score (nSPS) is 15.3. The van der Waals surface area contributed by atoms with Crippen LogP contribution in [0.5, 0.6) is 0 Å². The summed E-state index contributed by atoms with van der Waals surface area (Å²) in [6, 6.07) is 0.484. The lowest BCUT2D eigenvalue weighted by atomic mass is 9.93. The van der Waals surface area contributed by atoms with E-state index in [4.69, 9.17) is 5.73 Å².